The van der Waals surface area contributed by atoms with E-state index in [9.17, 15) is 0 Å². The van der Waals surface area contributed by atoms with E-state index >= 15 is 0 Å². The highest BCUT2D eigenvalue weighted by Gasteiger charge is 2.23. The minimum absolute atomic E-state index is 0.685. The van der Waals surface area contributed by atoms with Gasteiger partial charge in [0.05, 0.1) is 12.1 Å². The molecule has 0 bridgehead atoms. The van der Waals surface area contributed by atoms with Crippen LogP contribution in [0.4, 0.5) is 0 Å². The van der Waals surface area contributed by atoms with Gasteiger partial charge in [-0.05, 0) is 30.5 Å². The average molecular weight is 244 g/mol. The molecule has 0 aliphatic heterocycles. The molecular weight excluding hydrogens is 230 g/mol. The topological polar surface area (TPSA) is 21.3 Å². The van der Waals surface area contributed by atoms with Crippen LogP contribution in [0.3, 0.4) is 0 Å². The van der Waals surface area contributed by atoms with Crippen molar-refractivity contribution in [3.63, 3.8) is 0 Å². The van der Waals surface area contributed by atoms with Crippen molar-refractivity contribution >= 4 is 23.4 Å². The van der Waals surface area contributed by atoms with Gasteiger partial charge in [0.25, 0.3) is 0 Å². The highest BCUT2D eigenvalue weighted by Crippen LogP contribution is 2.41. The predicted molar refractivity (Wildman–Crippen MR) is 64.2 cm³/mol. The standard InChI is InChI=1S/C11H14ClNOS/c1-14-13-7-8-2-5-11(10(12)6-8)15-9-3-4-9/h2,5-6,9,13H,3-4,7H2,1H3. The second kappa shape index (κ2) is 5.21. The van der Waals surface area contributed by atoms with E-state index in [4.69, 9.17) is 16.4 Å². The van der Waals surface area contributed by atoms with Crippen molar-refractivity contribution in [3.05, 3.63) is 28.8 Å². The normalized spacial score (nSPS) is 15.6. The maximum absolute atomic E-state index is 6.19. The zero-order valence-electron chi connectivity index (χ0n) is 8.63. The number of thioether (sulfide) groups is 1. The van der Waals surface area contributed by atoms with E-state index in [1.807, 2.05) is 17.8 Å². The third-order valence-corrected chi connectivity index (χ3v) is 4.07. The van der Waals surface area contributed by atoms with Gasteiger partial charge in [0.1, 0.15) is 0 Å². The van der Waals surface area contributed by atoms with Crippen LogP contribution in [-0.4, -0.2) is 12.4 Å². The van der Waals surface area contributed by atoms with Crippen molar-refractivity contribution in [2.24, 2.45) is 0 Å². The first-order chi connectivity index (χ1) is 7.29. The number of nitrogens with one attached hydrogen (secondary N) is 1. The Balaban J connectivity index is 2.00. The van der Waals surface area contributed by atoms with Crippen LogP contribution in [0, 0.1) is 0 Å². The molecule has 1 aliphatic carbocycles. The zero-order valence-corrected chi connectivity index (χ0v) is 10.2. The van der Waals surface area contributed by atoms with Gasteiger partial charge in [0.15, 0.2) is 0 Å². The lowest BCUT2D eigenvalue weighted by Crippen LogP contribution is -2.10. The molecule has 1 aromatic carbocycles. The van der Waals surface area contributed by atoms with E-state index in [0.717, 1.165) is 15.8 Å². The molecule has 1 fully saturated rings. The van der Waals surface area contributed by atoms with Crippen LogP contribution in [0.1, 0.15) is 18.4 Å². The van der Waals surface area contributed by atoms with Gasteiger partial charge >= 0.3 is 0 Å². The van der Waals surface area contributed by atoms with Crippen LogP contribution in [0.15, 0.2) is 23.1 Å². The van der Waals surface area contributed by atoms with Crippen LogP contribution in [-0.2, 0) is 11.4 Å². The monoisotopic (exact) mass is 243 g/mol. The summed E-state index contributed by atoms with van der Waals surface area (Å²) in [5.74, 6) is 0. The molecule has 0 spiro atoms. The van der Waals surface area contributed by atoms with Crippen LogP contribution in [0.25, 0.3) is 0 Å². The number of benzene rings is 1. The molecule has 1 aliphatic rings. The Morgan fingerprint density at radius 2 is 2.33 bits per heavy atom. The van der Waals surface area contributed by atoms with Gasteiger partial charge < -0.3 is 4.84 Å². The molecule has 1 N–H and O–H groups in total. The molecular formula is C11H14ClNOS. The summed E-state index contributed by atoms with van der Waals surface area (Å²) in [6.45, 7) is 0.685. The van der Waals surface area contributed by atoms with Crippen LogP contribution in [0.5, 0.6) is 0 Å². The summed E-state index contributed by atoms with van der Waals surface area (Å²) in [5, 5.41) is 1.65. The van der Waals surface area contributed by atoms with Crippen molar-refractivity contribution < 1.29 is 4.84 Å². The fourth-order valence-corrected chi connectivity index (χ4v) is 2.66. The molecule has 0 radical (unpaired) electrons. The highest BCUT2D eigenvalue weighted by atomic mass is 35.5. The number of halogens is 1. The SMILES string of the molecule is CONCc1ccc(SC2CC2)c(Cl)c1. The van der Waals surface area contributed by atoms with E-state index in [-0.39, 0.29) is 0 Å². The Morgan fingerprint density at radius 3 is 2.93 bits per heavy atom. The maximum Gasteiger partial charge on any atom is 0.0572 e. The zero-order chi connectivity index (χ0) is 10.7. The van der Waals surface area contributed by atoms with Crippen molar-refractivity contribution in [1.82, 2.24) is 5.48 Å². The quantitative estimate of drug-likeness (QED) is 0.803. The van der Waals surface area contributed by atoms with Crippen LogP contribution in [0.2, 0.25) is 5.02 Å². The summed E-state index contributed by atoms with van der Waals surface area (Å²) in [6, 6.07) is 6.18. The summed E-state index contributed by atoms with van der Waals surface area (Å²) >= 11 is 8.08. The van der Waals surface area contributed by atoms with Gasteiger partial charge in [0, 0.05) is 16.7 Å². The van der Waals surface area contributed by atoms with Crippen LogP contribution < -0.4 is 5.48 Å². The second-order valence-electron chi connectivity index (χ2n) is 3.61. The fraction of sp³-hybridized carbons (Fsp3) is 0.455. The lowest BCUT2D eigenvalue weighted by atomic mass is 10.2. The molecule has 0 unspecified atom stereocenters. The molecule has 1 saturated carbocycles. The molecule has 15 heavy (non-hydrogen) atoms. The van der Waals surface area contributed by atoms with E-state index in [2.05, 4.69) is 17.6 Å². The van der Waals surface area contributed by atoms with Crippen molar-refractivity contribution in [2.75, 3.05) is 7.11 Å². The Hall–Kier alpha value is -0.220. The molecule has 0 atom stereocenters. The first kappa shape index (κ1) is 11.3. The molecule has 0 saturated heterocycles. The largest absolute Gasteiger partial charge is 0.305 e. The van der Waals surface area contributed by atoms with Crippen molar-refractivity contribution in [1.29, 1.82) is 0 Å². The van der Waals surface area contributed by atoms with E-state index in [1.54, 1.807) is 7.11 Å². The highest BCUT2D eigenvalue weighted by molar-refractivity contribution is 8.00. The van der Waals surface area contributed by atoms with Gasteiger partial charge in [-0.2, -0.15) is 5.48 Å². The van der Waals surface area contributed by atoms with Gasteiger partial charge in [0.2, 0.25) is 0 Å². The number of rotatable bonds is 5. The Bertz CT molecular complexity index is 341. The Labute approximate surface area is 99.3 Å². The van der Waals surface area contributed by atoms with Crippen molar-refractivity contribution in [3.8, 4) is 0 Å². The van der Waals surface area contributed by atoms with Gasteiger partial charge in [-0.1, -0.05) is 17.7 Å². The third kappa shape index (κ3) is 3.38. The summed E-state index contributed by atoms with van der Waals surface area (Å²) in [4.78, 5) is 5.99. The minimum Gasteiger partial charge on any atom is -0.305 e. The first-order valence-corrected chi connectivity index (χ1v) is 6.26. The molecule has 0 aromatic heterocycles. The average Bonchev–Trinajstić information content (AvgIpc) is 3.02. The third-order valence-electron chi connectivity index (χ3n) is 2.23. The minimum atomic E-state index is 0.685. The second-order valence-corrected chi connectivity index (χ2v) is 5.36. The number of hydrogen-bond acceptors (Lipinski definition) is 3. The summed E-state index contributed by atoms with van der Waals surface area (Å²) in [6.07, 6.45) is 2.65. The maximum atomic E-state index is 6.19. The number of hydroxylamine groups is 1. The summed E-state index contributed by atoms with van der Waals surface area (Å²) < 4.78 is 0. The first-order valence-electron chi connectivity index (χ1n) is 5.00. The van der Waals surface area contributed by atoms with Crippen molar-refractivity contribution in [2.45, 2.75) is 29.5 Å². The molecule has 4 heteroatoms. The molecule has 82 valence electrons. The van der Waals surface area contributed by atoms with E-state index in [0.29, 0.717) is 6.54 Å². The molecule has 0 heterocycles. The lowest BCUT2D eigenvalue weighted by Gasteiger charge is -2.06. The predicted octanol–water partition coefficient (Wildman–Crippen LogP) is 3.25. The van der Waals surface area contributed by atoms with Gasteiger partial charge in [-0.3, -0.25) is 0 Å². The Kier molecular flexibility index (Phi) is 3.92. The fourth-order valence-electron chi connectivity index (χ4n) is 1.27. The summed E-state index contributed by atoms with van der Waals surface area (Å²) in [5.41, 5.74) is 3.94. The van der Waals surface area contributed by atoms with Gasteiger partial charge in [-0.25, -0.2) is 0 Å². The van der Waals surface area contributed by atoms with Crippen LogP contribution >= 0.6 is 23.4 Å². The smallest absolute Gasteiger partial charge is 0.0572 e. The van der Waals surface area contributed by atoms with Gasteiger partial charge in [-0.15, -0.1) is 11.8 Å². The lowest BCUT2D eigenvalue weighted by molar-refractivity contribution is 0.0867. The number of hydrogen-bond donors (Lipinski definition) is 1. The summed E-state index contributed by atoms with van der Waals surface area (Å²) in [7, 11) is 1.61. The van der Waals surface area contributed by atoms with E-state index in [1.165, 1.54) is 17.7 Å². The molecule has 0 amide bonds. The molecule has 2 rings (SSSR count). The Morgan fingerprint density at radius 1 is 1.53 bits per heavy atom. The van der Waals surface area contributed by atoms with E-state index < -0.39 is 0 Å². The molecule has 2 nitrogen and oxygen atoms in total. The molecule has 1 aromatic rings.